The lowest BCUT2D eigenvalue weighted by Crippen LogP contribution is -2.26. The maximum Gasteiger partial charge on any atom is 0.251 e. The Balaban J connectivity index is 2.09. The molecule has 0 radical (unpaired) electrons. The van der Waals surface area contributed by atoms with E-state index < -0.39 is 0 Å². The van der Waals surface area contributed by atoms with Crippen molar-refractivity contribution in [2.24, 2.45) is 5.73 Å². The lowest BCUT2D eigenvalue weighted by Gasteiger charge is -2.12. The van der Waals surface area contributed by atoms with Gasteiger partial charge in [-0.2, -0.15) is 0 Å². The second kappa shape index (κ2) is 7.28. The number of nitrogens with two attached hydrogens (primary N) is 1. The van der Waals surface area contributed by atoms with E-state index in [-0.39, 0.29) is 11.9 Å². The summed E-state index contributed by atoms with van der Waals surface area (Å²) in [4.78, 5) is 13.3. The number of benzene rings is 1. The smallest absolute Gasteiger partial charge is 0.251 e. The molecule has 0 saturated carbocycles. The minimum absolute atomic E-state index is 0.0891. The van der Waals surface area contributed by atoms with Crippen LogP contribution < -0.4 is 11.1 Å². The van der Waals surface area contributed by atoms with Crippen LogP contribution in [0.4, 0.5) is 0 Å². The van der Waals surface area contributed by atoms with Crippen molar-refractivity contribution in [2.45, 2.75) is 13.0 Å². The lowest BCUT2D eigenvalue weighted by atomic mass is 10.1. The zero-order valence-corrected chi connectivity index (χ0v) is 13.1. The first-order valence-electron chi connectivity index (χ1n) is 6.45. The quantitative estimate of drug-likeness (QED) is 0.854. The highest BCUT2D eigenvalue weighted by molar-refractivity contribution is 7.16. The zero-order chi connectivity index (χ0) is 15.2. The van der Waals surface area contributed by atoms with Gasteiger partial charge in [-0.05, 0) is 37.3 Å². The third kappa shape index (κ3) is 4.33. The van der Waals surface area contributed by atoms with Gasteiger partial charge in [-0.1, -0.05) is 29.5 Å². The van der Waals surface area contributed by atoms with Crippen LogP contribution in [0.25, 0.3) is 0 Å². The molecule has 1 heterocycles. The molecule has 1 amide bonds. The number of thiophene rings is 1. The van der Waals surface area contributed by atoms with Gasteiger partial charge in [0.2, 0.25) is 0 Å². The highest BCUT2D eigenvalue weighted by Crippen LogP contribution is 2.26. The molecule has 0 saturated heterocycles. The van der Waals surface area contributed by atoms with Crippen molar-refractivity contribution in [1.29, 1.82) is 0 Å². The standard InChI is InChI=1S/C16H15ClN2OS/c1-11(14-7-8-15(17)21-14)19-16(20)13-6-2-4-12(10-13)5-3-9-18/h2,4,6-8,10-11H,9,18H2,1H3,(H,19,20). The molecule has 3 N–H and O–H groups in total. The van der Waals surface area contributed by atoms with Crippen molar-refractivity contribution < 1.29 is 4.79 Å². The monoisotopic (exact) mass is 318 g/mol. The molecule has 1 atom stereocenters. The molecular weight excluding hydrogens is 304 g/mol. The fraction of sp³-hybridized carbons (Fsp3) is 0.188. The molecule has 0 spiro atoms. The minimum atomic E-state index is -0.136. The van der Waals surface area contributed by atoms with E-state index in [9.17, 15) is 4.79 Å². The number of hydrogen-bond acceptors (Lipinski definition) is 3. The van der Waals surface area contributed by atoms with Gasteiger partial charge in [-0.15, -0.1) is 11.3 Å². The van der Waals surface area contributed by atoms with E-state index in [1.165, 1.54) is 11.3 Å². The van der Waals surface area contributed by atoms with E-state index in [1.807, 2.05) is 31.2 Å². The average molecular weight is 319 g/mol. The number of hydrogen-bond donors (Lipinski definition) is 2. The van der Waals surface area contributed by atoms with Crippen molar-refractivity contribution >= 4 is 28.8 Å². The molecule has 0 fully saturated rings. The molecule has 1 unspecified atom stereocenters. The van der Waals surface area contributed by atoms with Crippen molar-refractivity contribution in [2.75, 3.05) is 6.54 Å². The van der Waals surface area contributed by atoms with Gasteiger partial charge in [-0.25, -0.2) is 0 Å². The first-order chi connectivity index (χ1) is 10.1. The summed E-state index contributed by atoms with van der Waals surface area (Å²) in [5.74, 6) is 5.55. The van der Waals surface area contributed by atoms with Crippen LogP contribution in [-0.2, 0) is 0 Å². The number of rotatable bonds is 3. The van der Waals surface area contributed by atoms with E-state index >= 15 is 0 Å². The van der Waals surface area contributed by atoms with E-state index in [4.69, 9.17) is 17.3 Å². The molecule has 5 heteroatoms. The predicted molar refractivity (Wildman–Crippen MR) is 87.6 cm³/mol. The summed E-state index contributed by atoms with van der Waals surface area (Å²) in [7, 11) is 0. The van der Waals surface area contributed by atoms with Gasteiger partial charge >= 0.3 is 0 Å². The van der Waals surface area contributed by atoms with Crippen molar-refractivity contribution in [3.8, 4) is 11.8 Å². The molecule has 1 aromatic carbocycles. The van der Waals surface area contributed by atoms with Crippen LogP contribution in [0, 0.1) is 11.8 Å². The van der Waals surface area contributed by atoms with Crippen LogP contribution in [0.1, 0.15) is 33.8 Å². The number of halogens is 1. The van der Waals surface area contributed by atoms with Crippen molar-refractivity contribution in [1.82, 2.24) is 5.32 Å². The fourth-order valence-corrected chi connectivity index (χ4v) is 2.87. The summed E-state index contributed by atoms with van der Waals surface area (Å²) in [5.41, 5.74) is 6.70. The van der Waals surface area contributed by atoms with Gasteiger partial charge in [-0.3, -0.25) is 4.79 Å². The summed E-state index contributed by atoms with van der Waals surface area (Å²) >= 11 is 7.37. The summed E-state index contributed by atoms with van der Waals surface area (Å²) in [6, 6.07) is 10.8. The summed E-state index contributed by atoms with van der Waals surface area (Å²) in [5, 5.41) is 2.95. The topological polar surface area (TPSA) is 55.1 Å². The maximum atomic E-state index is 12.2. The van der Waals surface area contributed by atoms with Gasteiger partial charge in [0.1, 0.15) is 0 Å². The normalized spacial score (nSPS) is 11.4. The molecule has 21 heavy (non-hydrogen) atoms. The number of carbonyl (C=O) groups is 1. The third-order valence-corrected chi connectivity index (χ3v) is 4.24. The Morgan fingerprint density at radius 1 is 1.43 bits per heavy atom. The van der Waals surface area contributed by atoms with Crippen LogP contribution in [0.15, 0.2) is 36.4 Å². The maximum absolute atomic E-state index is 12.2. The molecule has 1 aromatic heterocycles. The van der Waals surface area contributed by atoms with Gasteiger partial charge in [0.05, 0.1) is 16.9 Å². The molecular formula is C16H15ClN2OS. The van der Waals surface area contributed by atoms with Gasteiger partial charge in [0, 0.05) is 16.0 Å². The Bertz CT molecular complexity index is 700. The zero-order valence-electron chi connectivity index (χ0n) is 11.5. The van der Waals surface area contributed by atoms with Crippen LogP contribution in [-0.4, -0.2) is 12.5 Å². The van der Waals surface area contributed by atoms with Crippen LogP contribution >= 0.6 is 22.9 Å². The molecule has 0 bridgehead atoms. The fourth-order valence-electron chi connectivity index (χ4n) is 1.80. The third-order valence-electron chi connectivity index (χ3n) is 2.83. The largest absolute Gasteiger partial charge is 0.345 e. The molecule has 2 aromatic rings. The molecule has 0 aliphatic heterocycles. The molecule has 2 rings (SSSR count). The summed E-state index contributed by atoms with van der Waals surface area (Å²) < 4.78 is 0.713. The molecule has 0 aliphatic carbocycles. The highest BCUT2D eigenvalue weighted by atomic mass is 35.5. The van der Waals surface area contributed by atoms with Gasteiger partial charge in [0.15, 0.2) is 0 Å². The van der Waals surface area contributed by atoms with E-state index in [2.05, 4.69) is 17.2 Å². The van der Waals surface area contributed by atoms with Crippen molar-refractivity contribution in [3.05, 3.63) is 56.7 Å². The Kier molecular flexibility index (Phi) is 5.40. The van der Waals surface area contributed by atoms with E-state index in [0.29, 0.717) is 16.4 Å². The summed E-state index contributed by atoms with van der Waals surface area (Å²) in [6.07, 6.45) is 0. The van der Waals surface area contributed by atoms with E-state index in [0.717, 1.165) is 10.4 Å². The predicted octanol–water partition coefficient (Wildman–Crippen LogP) is 3.20. The van der Waals surface area contributed by atoms with Gasteiger partial charge < -0.3 is 11.1 Å². The number of carbonyl (C=O) groups excluding carboxylic acids is 1. The first kappa shape index (κ1) is 15.6. The van der Waals surface area contributed by atoms with Gasteiger partial charge in [0.25, 0.3) is 5.91 Å². The van der Waals surface area contributed by atoms with Crippen LogP contribution in [0.5, 0.6) is 0 Å². The first-order valence-corrected chi connectivity index (χ1v) is 7.64. The average Bonchev–Trinajstić information content (AvgIpc) is 2.92. The second-order valence-corrected chi connectivity index (χ2v) is 6.17. The Morgan fingerprint density at radius 3 is 2.90 bits per heavy atom. The van der Waals surface area contributed by atoms with E-state index in [1.54, 1.807) is 12.1 Å². The van der Waals surface area contributed by atoms with Crippen LogP contribution in [0.2, 0.25) is 4.34 Å². The number of amides is 1. The second-order valence-electron chi connectivity index (χ2n) is 4.42. The Hall–Kier alpha value is -1.80. The molecule has 3 nitrogen and oxygen atoms in total. The Labute approximate surface area is 133 Å². The summed E-state index contributed by atoms with van der Waals surface area (Å²) in [6.45, 7) is 2.23. The highest BCUT2D eigenvalue weighted by Gasteiger charge is 2.13. The van der Waals surface area contributed by atoms with Crippen molar-refractivity contribution in [3.63, 3.8) is 0 Å². The number of nitrogens with one attached hydrogen (secondary N) is 1. The SMILES string of the molecule is CC(NC(=O)c1cccc(C#CCN)c1)c1ccc(Cl)s1. The lowest BCUT2D eigenvalue weighted by molar-refractivity contribution is 0.0940. The minimum Gasteiger partial charge on any atom is -0.345 e. The Morgan fingerprint density at radius 2 is 2.24 bits per heavy atom. The molecule has 108 valence electrons. The molecule has 0 aliphatic rings. The van der Waals surface area contributed by atoms with Crippen LogP contribution in [0.3, 0.4) is 0 Å².